The van der Waals surface area contributed by atoms with Crippen LogP contribution in [-0.4, -0.2) is 41.5 Å². The van der Waals surface area contributed by atoms with Gasteiger partial charge < -0.3 is 10.6 Å². The van der Waals surface area contributed by atoms with E-state index in [4.69, 9.17) is 5.73 Å². The maximum atomic E-state index is 13.8. The Labute approximate surface area is 121 Å². The van der Waals surface area contributed by atoms with Gasteiger partial charge in [-0.1, -0.05) is 6.07 Å². The van der Waals surface area contributed by atoms with Gasteiger partial charge in [0.05, 0.1) is 11.2 Å². The average Bonchev–Trinajstić information content (AvgIpc) is 3.29. The Morgan fingerprint density at radius 2 is 1.90 bits per heavy atom. The first-order valence-corrected chi connectivity index (χ1v) is 7.14. The van der Waals surface area contributed by atoms with Crippen molar-refractivity contribution in [2.24, 2.45) is 10.7 Å². The van der Waals surface area contributed by atoms with Crippen molar-refractivity contribution in [1.82, 2.24) is 9.97 Å². The average molecular weight is 285 g/mol. The summed E-state index contributed by atoms with van der Waals surface area (Å²) < 4.78 is 13.8. The van der Waals surface area contributed by atoms with Gasteiger partial charge in [-0.3, -0.25) is 15.0 Å². The third-order valence-electron chi connectivity index (χ3n) is 4.02. The molecule has 0 bridgehead atoms. The third kappa shape index (κ3) is 2.25. The molecule has 0 aliphatic carbocycles. The van der Waals surface area contributed by atoms with Gasteiger partial charge in [-0.25, -0.2) is 4.39 Å². The molecule has 108 valence electrons. The van der Waals surface area contributed by atoms with Crippen LogP contribution in [0.15, 0.2) is 29.5 Å². The predicted octanol–water partition coefficient (Wildman–Crippen LogP) is 1.63. The molecule has 2 N–H and O–H groups in total. The van der Waals surface area contributed by atoms with Gasteiger partial charge in [0, 0.05) is 43.3 Å². The summed E-state index contributed by atoms with van der Waals surface area (Å²) in [6.45, 7) is 1.00. The zero-order chi connectivity index (χ0) is 14.4. The number of hydrogen-bond donors (Lipinski definition) is 1. The Morgan fingerprint density at radius 1 is 1.14 bits per heavy atom. The number of nitrogens with zero attached hydrogens (tertiary/aromatic N) is 4. The van der Waals surface area contributed by atoms with Gasteiger partial charge in [0.1, 0.15) is 17.7 Å². The Bertz CT molecular complexity index is 700. The molecule has 3 atom stereocenters. The highest BCUT2D eigenvalue weighted by Gasteiger charge is 2.28. The third-order valence-corrected chi connectivity index (χ3v) is 4.02. The summed E-state index contributed by atoms with van der Waals surface area (Å²) in [4.78, 5) is 15.1. The number of halogens is 1. The summed E-state index contributed by atoms with van der Waals surface area (Å²) in [5.41, 5.74) is 9.54. The number of aliphatic imine (C=N–C) groups is 1. The molecular weight excluding hydrogens is 269 g/mol. The number of fused-ring (bicyclic) bond motifs is 1. The molecule has 5 nitrogen and oxygen atoms in total. The molecule has 1 saturated heterocycles. The van der Waals surface area contributed by atoms with Crippen LogP contribution in [0.4, 0.5) is 10.1 Å². The Morgan fingerprint density at radius 3 is 2.62 bits per heavy atom. The minimum Gasteiger partial charge on any atom is -0.365 e. The van der Waals surface area contributed by atoms with Gasteiger partial charge in [-0.15, -0.1) is 0 Å². The van der Waals surface area contributed by atoms with Crippen molar-refractivity contribution < 1.29 is 4.39 Å². The number of anilines is 1. The molecule has 21 heavy (non-hydrogen) atoms. The van der Waals surface area contributed by atoms with Crippen molar-refractivity contribution in [1.29, 1.82) is 0 Å². The Kier molecular flexibility index (Phi) is 2.85. The lowest BCUT2D eigenvalue weighted by atomic mass is 10.0. The quantitative estimate of drug-likeness (QED) is 0.910. The first-order valence-electron chi connectivity index (χ1n) is 7.14. The second-order valence-electron chi connectivity index (χ2n) is 5.67. The lowest BCUT2D eigenvalue weighted by molar-refractivity contribution is 0.269. The molecule has 2 aliphatic heterocycles. The molecule has 3 heterocycles. The first-order chi connectivity index (χ1) is 10.2. The minimum absolute atomic E-state index is 0.121. The summed E-state index contributed by atoms with van der Waals surface area (Å²) in [6.07, 6.45) is 4.76. The topological polar surface area (TPSA) is 67.4 Å². The smallest absolute Gasteiger partial charge is 0.119 e. The zero-order valence-electron chi connectivity index (χ0n) is 11.5. The lowest BCUT2D eigenvalue weighted by Crippen LogP contribution is -2.48. The number of hydrogen-bond acceptors (Lipinski definition) is 5. The van der Waals surface area contributed by atoms with Gasteiger partial charge in [0.15, 0.2) is 0 Å². The molecule has 2 aromatic rings. The monoisotopic (exact) mass is 285 g/mol. The highest BCUT2D eigenvalue weighted by molar-refractivity contribution is 5.95. The fourth-order valence-corrected chi connectivity index (χ4v) is 3.03. The number of benzene rings is 1. The SMILES string of the molecule is N[C@@H]1C[C@H](F)CN(c2ccc(C3C=N3)c3nccnc23)C1. The van der Waals surface area contributed by atoms with Crippen molar-refractivity contribution in [2.45, 2.75) is 24.7 Å². The van der Waals surface area contributed by atoms with Crippen LogP contribution in [0.2, 0.25) is 0 Å². The Hall–Kier alpha value is -2.08. The molecule has 1 unspecified atom stereocenters. The highest BCUT2D eigenvalue weighted by atomic mass is 19.1. The zero-order valence-corrected chi connectivity index (χ0v) is 11.5. The maximum Gasteiger partial charge on any atom is 0.119 e. The van der Waals surface area contributed by atoms with Crippen LogP contribution in [0.5, 0.6) is 0 Å². The molecule has 2 aliphatic rings. The number of aromatic nitrogens is 2. The van der Waals surface area contributed by atoms with E-state index in [1.807, 2.05) is 23.2 Å². The van der Waals surface area contributed by atoms with Crippen LogP contribution in [-0.2, 0) is 0 Å². The van der Waals surface area contributed by atoms with Gasteiger partial charge >= 0.3 is 0 Å². The second kappa shape index (κ2) is 4.73. The molecule has 0 spiro atoms. The molecule has 0 saturated carbocycles. The van der Waals surface area contributed by atoms with E-state index in [0.717, 1.165) is 22.3 Å². The number of rotatable bonds is 2. The Balaban J connectivity index is 1.80. The van der Waals surface area contributed by atoms with E-state index in [-0.39, 0.29) is 12.1 Å². The van der Waals surface area contributed by atoms with Crippen LogP contribution in [0.3, 0.4) is 0 Å². The van der Waals surface area contributed by atoms with E-state index in [9.17, 15) is 4.39 Å². The molecule has 1 aromatic carbocycles. The van der Waals surface area contributed by atoms with Crippen LogP contribution >= 0.6 is 0 Å². The summed E-state index contributed by atoms with van der Waals surface area (Å²) in [5.74, 6) is 0. The summed E-state index contributed by atoms with van der Waals surface area (Å²) in [6, 6.07) is 3.97. The van der Waals surface area contributed by atoms with Crippen molar-refractivity contribution in [3.05, 3.63) is 30.1 Å². The molecule has 4 rings (SSSR count). The van der Waals surface area contributed by atoms with Gasteiger partial charge in [-0.05, 0) is 12.5 Å². The van der Waals surface area contributed by atoms with Crippen molar-refractivity contribution in [3.63, 3.8) is 0 Å². The van der Waals surface area contributed by atoms with E-state index in [0.29, 0.717) is 19.5 Å². The number of nitrogens with two attached hydrogens (primary N) is 1. The number of alkyl halides is 1. The van der Waals surface area contributed by atoms with Crippen LogP contribution in [0.25, 0.3) is 11.0 Å². The standard InChI is InChI=1S/C15H16FN5/c16-9-5-10(17)8-21(7-9)13-2-1-11(12-6-20-12)14-15(13)19-4-3-18-14/h1-4,6,9-10,12H,5,7-8,17H2/t9-,10+,12?/m0/s1. The van der Waals surface area contributed by atoms with Crippen molar-refractivity contribution >= 4 is 22.9 Å². The van der Waals surface area contributed by atoms with Gasteiger partial charge in [0.25, 0.3) is 0 Å². The summed E-state index contributed by atoms with van der Waals surface area (Å²) in [5, 5.41) is 0. The van der Waals surface area contributed by atoms with E-state index in [2.05, 4.69) is 15.0 Å². The predicted molar refractivity (Wildman–Crippen MR) is 80.5 cm³/mol. The fourth-order valence-electron chi connectivity index (χ4n) is 3.03. The van der Waals surface area contributed by atoms with E-state index in [1.165, 1.54) is 0 Å². The summed E-state index contributed by atoms with van der Waals surface area (Å²) in [7, 11) is 0. The largest absolute Gasteiger partial charge is 0.365 e. The minimum atomic E-state index is -0.896. The van der Waals surface area contributed by atoms with Gasteiger partial charge in [0.2, 0.25) is 0 Å². The second-order valence-corrected chi connectivity index (χ2v) is 5.67. The normalized spacial score (nSPS) is 28.1. The van der Waals surface area contributed by atoms with E-state index < -0.39 is 6.17 Å². The van der Waals surface area contributed by atoms with Crippen LogP contribution in [0.1, 0.15) is 18.0 Å². The molecule has 1 aromatic heterocycles. The molecule has 0 radical (unpaired) electrons. The van der Waals surface area contributed by atoms with E-state index in [1.54, 1.807) is 12.4 Å². The fraction of sp³-hybridized carbons (Fsp3) is 0.400. The van der Waals surface area contributed by atoms with E-state index >= 15 is 0 Å². The van der Waals surface area contributed by atoms with Gasteiger partial charge in [-0.2, -0.15) is 0 Å². The molecule has 1 fully saturated rings. The first kappa shape index (κ1) is 12.6. The summed E-state index contributed by atoms with van der Waals surface area (Å²) >= 11 is 0. The molecule has 6 heteroatoms. The molecular formula is C15H16FN5. The highest BCUT2D eigenvalue weighted by Crippen LogP contribution is 2.34. The maximum absolute atomic E-state index is 13.8. The van der Waals surface area contributed by atoms with Crippen LogP contribution < -0.4 is 10.6 Å². The van der Waals surface area contributed by atoms with Crippen molar-refractivity contribution in [3.8, 4) is 0 Å². The van der Waals surface area contributed by atoms with Crippen LogP contribution in [0, 0.1) is 0 Å². The molecule has 0 amide bonds. The van der Waals surface area contributed by atoms with Crippen molar-refractivity contribution in [2.75, 3.05) is 18.0 Å². The number of piperidine rings is 1. The lowest BCUT2D eigenvalue weighted by Gasteiger charge is -2.35.